The standard InChI is InChI=1S/C37H54N2O10/c1-20-29(42)30(43)31(44)34(48-20)49-23-8-11-35(2)22(19-23)5-7-28-27(35)9-12-36(3)26(10-13-37(28,36)47)21-4-6-24(32(45)38-14-16-40)25(18-21)33(46)39-15-17-41/h4,6,18-20,23,26-31,34,40-44,47H,5,7-17H2,1-3H3,(H,38,45)(H,39,46)/t20-,23-,26+,27-,28+,29-,30+,31+,34-,35-,36+,37-/m0/s1. The Balaban J connectivity index is 1.22. The Morgan fingerprint density at radius 3 is 2.27 bits per heavy atom. The summed E-state index contributed by atoms with van der Waals surface area (Å²) in [5.41, 5.74) is 1.15. The van der Waals surface area contributed by atoms with Crippen LogP contribution in [0.4, 0.5) is 0 Å². The molecule has 272 valence electrons. The number of hydrogen-bond acceptors (Lipinski definition) is 10. The van der Waals surface area contributed by atoms with Gasteiger partial charge < -0.3 is 50.7 Å². The second-order valence-electron chi connectivity index (χ2n) is 15.5. The van der Waals surface area contributed by atoms with Gasteiger partial charge in [-0.05, 0) is 99.2 Å². The van der Waals surface area contributed by atoms with Crippen molar-refractivity contribution in [3.63, 3.8) is 0 Å². The Morgan fingerprint density at radius 2 is 1.57 bits per heavy atom. The Kier molecular flexibility index (Phi) is 10.4. The van der Waals surface area contributed by atoms with Gasteiger partial charge in [-0.3, -0.25) is 9.59 Å². The molecule has 2 amide bonds. The molecule has 12 atom stereocenters. The highest BCUT2D eigenvalue weighted by molar-refractivity contribution is 6.07. The summed E-state index contributed by atoms with van der Waals surface area (Å²) in [4.78, 5) is 26.1. The fourth-order valence-corrected chi connectivity index (χ4v) is 10.3. The zero-order valence-electron chi connectivity index (χ0n) is 28.8. The molecule has 6 rings (SSSR count). The normalized spacial score (nSPS) is 41.6. The van der Waals surface area contributed by atoms with Gasteiger partial charge in [-0.15, -0.1) is 0 Å². The predicted octanol–water partition coefficient (Wildman–Crippen LogP) is 1.50. The first kappa shape index (κ1) is 36.4. The molecule has 1 aromatic rings. The summed E-state index contributed by atoms with van der Waals surface area (Å²) in [5.74, 6) is -0.579. The maximum atomic E-state index is 13.2. The Labute approximate surface area is 287 Å². The van der Waals surface area contributed by atoms with E-state index in [0.717, 1.165) is 44.1 Å². The molecular weight excluding hydrogens is 632 g/mol. The van der Waals surface area contributed by atoms with Gasteiger partial charge in [0.15, 0.2) is 6.29 Å². The van der Waals surface area contributed by atoms with E-state index in [1.165, 1.54) is 5.57 Å². The quantitative estimate of drug-likeness (QED) is 0.176. The average molecular weight is 687 g/mol. The van der Waals surface area contributed by atoms with Crippen LogP contribution in [0.1, 0.15) is 104 Å². The van der Waals surface area contributed by atoms with Crippen molar-refractivity contribution in [2.45, 2.75) is 120 Å². The highest BCUT2D eigenvalue weighted by Gasteiger charge is 2.66. The Bertz CT molecular complexity index is 1440. The molecule has 5 aliphatic rings. The average Bonchev–Trinajstić information content (AvgIpc) is 3.38. The van der Waals surface area contributed by atoms with Crippen LogP contribution in [0.15, 0.2) is 29.8 Å². The number of carbonyl (C=O) groups excluding carboxylic acids is 2. The van der Waals surface area contributed by atoms with E-state index in [4.69, 9.17) is 9.47 Å². The maximum Gasteiger partial charge on any atom is 0.252 e. The van der Waals surface area contributed by atoms with Gasteiger partial charge in [0.2, 0.25) is 0 Å². The van der Waals surface area contributed by atoms with Crippen LogP contribution in [0.3, 0.4) is 0 Å². The number of carbonyl (C=O) groups is 2. The van der Waals surface area contributed by atoms with Crippen LogP contribution >= 0.6 is 0 Å². The number of hydrogen-bond donors (Lipinski definition) is 8. The minimum absolute atomic E-state index is 0.0237. The molecule has 1 saturated heterocycles. The number of benzene rings is 1. The lowest BCUT2D eigenvalue weighted by atomic mass is 9.45. The van der Waals surface area contributed by atoms with E-state index in [-0.39, 0.29) is 66.7 Å². The molecule has 8 N–H and O–H groups in total. The van der Waals surface area contributed by atoms with Gasteiger partial charge in [0.1, 0.15) is 18.3 Å². The van der Waals surface area contributed by atoms with Crippen molar-refractivity contribution < 1.29 is 49.7 Å². The van der Waals surface area contributed by atoms with Crippen molar-refractivity contribution in [1.82, 2.24) is 10.6 Å². The lowest BCUT2D eigenvalue weighted by Crippen LogP contribution is -2.60. The summed E-state index contributed by atoms with van der Waals surface area (Å²) in [6.07, 6.45) is 2.65. The molecule has 0 unspecified atom stereocenters. The molecule has 0 radical (unpaired) electrons. The molecule has 3 saturated carbocycles. The monoisotopic (exact) mass is 686 g/mol. The number of amides is 2. The minimum atomic E-state index is -1.35. The third-order valence-electron chi connectivity index (χ3n) is 13.1. The van der Waals surface area contributed by atoms with Crippen molar-refractivity contribution in [3.05, 3.63) is 46.5 Å². The van der Waals surface area contributed by atoms with Crippen LogP contribution in [0.2, 0.25) is 0 Å². The number of fused-ring (bicyclic) bond motifs is 5. The zero-order valence-corrected chi connectivity index (χ0v) is 28.8. The van der Waals surface area contributed by atoms with Gasteiger partial charge in [-0.1, -0.05) is 31.6 Å². The predicted molar refractivity (Wildman–Crippen MR) is 178 cm³/mol. The van der Waals surface area contributed by atoms with Crippen LogP contribution in [0, 0.1) is 22.7 Å². The van der Waals surface area contributed by atoms with E-state index in [1.54, 1.807) is 19.1 Å². The molecule has 1 heterocycles. The van der Waals surface area contributed by atoms with Crippen LogP contribution < -0.4 is 10.6 Å². The summed E-state index contributed by atoms with van der Waals surface area (Å²) in [6.45, 7) is 5.80. The maximum absolute atomic E-state index is 13.2. The zero-order chi connectivity index (χ0) is 35.3. The van der Waals surface area contributed by atoms with Crippen molar-refractivity contribution in [2.24, 2.45) is 22.7 Å². The number of rotatable bonds is 9. The molecule has 49 heavy (non-hydrogen) atoms. The number of ether oxygens (including phenoxy) is 2. The summed E-state index contributed by atoms with van der Waals surface area (Å²) in [6, 6.07) is 5.32. The summed E-state index contributed by atoms with van der Waals surface area (Å²) < 4.78 is 11.9. The van der Waals surface area contributed by atoms with E-state index < -0.39 is 53.5 Å². The summed E-state index contributed by atoms with van der Waals surface area (Å²) in [7, 11) is 0. The van der Waals surface area contributed by atoms with Gasteiger partial charge in [0.05, 0.1) is 42.1 Å². The lowest BCUT2D eigenvalue weighted by molar-refractivity contribution is -0.301. The molecule has 1 aliphatic heterocycles. The summed E-state index contributed by atoms with van der Waals surface area (Å²) >= 11 is 0. The van der Waals surface area contributed by atoms with Gasteiger partial charge in [-0.25, -0.2) is 0 Å². The van der Waals surface area contributed by atoms with Crippen molar-refractivity contribution in [2.75, 3.05) is 26.3 Å². The number of aliphatic hydroxyl groups excluding tert-OH is 5. The molecular formula is C37H54N2O10. The number of aliphatic hydroxyl groups is 6. The first-order valence-electron chi connectivity index (χ1n) is 18.0. The molecule has 12 nitrogen and oxygen atoms in total. The molecule has 4 fully saturated rings. The van der Waals surface area contributed by atoms with E-state index in [9.17, 15) is 40.2 Å². The van der Waals surface area contributed by atoms with Gasteiger partial charge in [0, 0.05) is 18.5 Å². The van der Waals surface area contributed by atoms with Gasteiger partial charge in [-0.2, -0.15) is 0 Å². The van der Waals surface area contributed by atoms with E-state index in [0.29, 0.717) is 12.8 Å². The third kappa shape index (κ3) is 6.16. The molecule has 4 aliphatic carbocycles. The largest absolute Gasteiger partial charge is 0.395 e. The third-order valence-corrected chi connectivity index (χ3v) is 13.1. The van der Waals surface area contributed by atoms with Crippen LogP contribution in [-0.4, -0.2) is 111 Å². The van der Waals surface area contributed by atoms with Crippen molar-refractivity contribution in [3.8, 4) is 0 Å². The lowest BCUT2D eigenvalue weighted by Gasteiger charge is -2.62. The van der Waals surface area contributed by atoms with E-state index >= 15 is 0 Å². The molecule has 0 aromatic heterocycles. The van der Waals surface area contributed by atoms with Crippen LogP contribution in [0.25, 0.3) is 0 Å². The fourth-order valence-electron chi connectivity index (χ4n) is 10.3. The number of nitrogens with one attached hydrogen (secondary N) is 2. The fraction of sp³-hybridized carbons (Fsp3) is 0.730. The first-order chi connectivity index (χ1) is 23.3. The second kappa shape index (κ2) is 14.0. The van der Waals surface area contributed by atoms with Crippen LogP contribution in [0.5, 0.6) is 0 Å². The topological polar surface area (TPSA) is 198 Å². The minimum Gasteiger partial charge on any atom is -0.395 e. The second-order valence-corrected chi connectivity index (χ2v) is 15.5. The number of allylic oxidation sites excluding steroid dienone is 1. The van der Waals surface area contributed by atoms with Crippen molar-refractivity contribution in [1.29, 1.82) is 0 Å². The first-order valence-corrected chi connectivity index (χ1v) is 18.0. The van der Waals surface area contributed by atoms with Crippen molar-refractivity contribution >= 4 is 11.8 Å². The Hall–Kier alpha value is -2.42. The SMILES string of the molecule is C[C@@H]1O[C@@H](O[C@@H]2C=C3CC[C@@H]4[C@H](CC[C@]5(C)[C@@H](c6ccc(C(=O)NCCO)c(C(=O)NCCO)c6)CC[C@]45O)[C@@]3(C)CC2)[C@H](O)[C@H](O)[C@H]1O. The van der Waals surface area contributed by atoms with E-state index in [2.05, 4.69) is 30.6 Å². The molecule has 0 bridgehead atoms. The molecule has 1 aromatic carbocycles. The molecule has 0 spiro atoms. The smallest absolute Gasteiger partial charge is 0.252 e. The van der Waals surface area contributed by atoms with Gasteiger partial charge >= 0.3 is 0 Å². The van der Waals surface area contributed by atoms with E-state index in [1.807, 2.05) is 6.07 Å². The van der Waals surface area contributed by atoms with Gasteiger partial charge in [0.25, 0.3) is 11.8 Å². The highest BCUT2D eigenvalue weighted by Crippen LogP contribution is 2.70. The highest BCUT2D eigenvalue weighted by atomic mass is 16.7. The molecule has 12 heteroatoms. The Morgan fingerprint density at radius 1 is 0.878 bits per heavy atom. The summed E-state index contributed by atoms with van der Waals surface area (Å²) in [5, 5.41) is 67.4. The van der Waals surface area contributed by atoms with Crippen LogP contribution in [-0.2, 0) is 9.47 Å².